The fourth-order valence-corrected chi connectivity index (χ4v) is 2.57. The van der Waals surface area contributed by atoms with Crippen LogP contribution in [0.3, 0.4) is 0 Å². The Morgan fingerprint density at radius 2 is 2.17 bits per heavy atom. The second kappa shape index (κ2) is 7.77. The molecule has 24 heavy (non-hydrogen) atoms. The maximum Gasteiger partial charge on any atom is 0.265 e. The van der Waals surface area contributed by atoms with Crippen molar-refractivity contribution in [1.82, 2.24) is 4.90 Å². The molecule has 2 rings (SSSR count). The van der Waals surface area contributed by atoms with Gasteiger partial charge >= 0.3 is 0 Å². The summed E-state index contributed by atoms with van der Waals surface area (Å²) in [7, 11) is 0. The Balaban J connectivity index is 2.26. The molecule has 128 valence electrons. The fraction of sp³-hybridized carbons (Fsp3) is 0.389. The van der Waals surface area contributed by atoms with Crippen molar-refractivity contribution in [3.8, 4) is 5.75 Å². The molecule has 0 fully saturated rings. The fourth-order valence-electron chi connectivity index (χ4n) is 2.57. The maximum atomic E-state index is 12.5. The molecular formula is C18H22N2O4. The minimum atomic E-state index is -0.190. The Hall–Kier alpha value is -2.63. The molecule has 0 aliphatic carbocycles. The average molecular weight is 330 g/mol. The minimum absolute atomic E-state index is 0.0116. The quantitative estimate of drug-likeness (QED) is 0.567. The van der Waals surface area contributed by atoms with E-state index in [2.05, 4.69) is 6.58 Å². The molecule has 1 aromatic rings. The first kappa shape index (κ1) is 17.7. The Labute approximate surface area is 141 Å². The van der Waals surface area contributed by atoms with Gasteiger partial charge in [0, 0.05) is 25.6 Å². The highest BCUT2D eigenvalue weighted by molar-refractivity contribution is 6.03. The van der Waals surface area contributed by atoms with Gasteiger partial charge in [0.05, 0.1) is 12.2 Å². The van der Waals surface area contributed by atoms with Crippen molar-refractivity contribution in [2.45, 2.75) is 20.3 Å². The summed E-state index contributed by atoms with van der Waals surface area (Å²) < 4.78 is 5.42. The predicted molar refractivity (Wildman–Crippen MR) is 91.4 cm³/mol. The second-order valence-corrected chi connectivity index (χ2v) is 5.63. The molecule has 1 aromatic carbocycles. The first-order valence-electron chi connectivity index (χ1n) is 7.94. The standard InChI is InChI=1S/C18H22N2O4/c1-4-8-19(13(3)21)11-16(22)14-6-7-17-15(10-14)20(9-5-2)18(23)12-24-17/h4,6-7,10H,1,5,8-9,11-12H2,2-3H3. The van der Waals surface area contributed by atoms with Crippen LogP contribution in [0.5, 0.6) is 5.75 Å². The number of benzene rings is 1. The molecule has 1 aliphatic heterocycles. The number of fused-ring (bicyclic) bond motifs is 1. The van der Waals surface area contributed by atoms with E-state index in [1.54, 1.807) is 29.2 Å². The summed E-state index contributed by atoms with van der Waals surface area (Å²) in [4.78, 5) is 39.2. The van der Waals surface area contributed by atoms with Gasteiger partial charge in [-0.3, -0.25) is 14.4 Å². The summed E-state index contributed by atoms with van der Waals surface area (Å²) in [5, 5.41) is 0. The minimum Gasteiger partial charge on any atom is -0.482 e. The van der Waals surface area contributed by atoms with Crippen molar-refractivity contribution in [2.24, 2.45) is 0 Å². The van der Waals surface area contributed by atoms with E-state index in [-0.39, 0.29) is 30.7 Å². The number of hydrogen-bond donors (Lipinski definition) is 0. The van der Waals surface area contributed by atoms with Crippen LogP contribution in [-0.2, 0) is 9.59 Å². The van der Waals surface area contributed by atoms with Crippen LogP contribution in [0.25, 0.3) is 0 Å². The van der Waals surface area contributed by atoms with Gasteiger partial charge < -0.3 is 14.5 Å². The van der Waals surface area contributed by atoms with Crippen LogP contribution in [0.4, 0.5) is 5.69 Å². The maximum absolute atomic E-state index is 12.5. The van der Waals surface area contributed by atoms with Gasteiger partial charge in [0.2, 0.25) is 5.91 Å². The molecule has 1 heterocycles. The van der Waals surface area contributed by atoms with Gasteiger partial charge in [-0.2, -0.15) is 0 Å². The number of carbonyl (C=O) groups is 3. The van der Waals surface area contributed by atoms with Crippen molar-refractivity contribution in [3.63, 3.8) is 0 Å². The van der Waals surface area contributed by atoms with Crippen molar-refractivity contribution in [3.05, 3.63) is 36.4 Å². The molecule has 6 heteroatoms. The van der Waals surface area contributed by atoms with E-state index in [0.29, 0.717) is 30.1 Å². The number of nitrogens with zero attached hydrogens (tertiary/aromatic N) is 2. The third kappa shape index (κ3) is 3.82. The Morgan fingerprint density at radius 3 is 2.79 bits per heavy atom. The third-order valence-corrected chi connectivity index (χ3v) is 3.80. The van der Waals surface area contributed by atoms with Gasteiger partial charge in [-0.1, -0.05) is 13.0 Å². The van der Waals surface area contributed by atoms with Gasteiger partial charge in [-0.25, -0.2) is 0 Å². The third-order valence-electron chi connectivity index (χ3n) is 3.80. The van der Waals surface area contributed by atoms with E-state index in [1.807, 2.05) is 6.92 Å². The first-order chi connectivity index (χ1) is 11.5. The topological polar surface area (TPSA) is 66.9 Å². The number of hydrogen-bond acceptors (Lipinski definition) is 4. The summed E-state index contributed by atoms with van der Waals surface area (Å²) in [6.07, 6.45) is 2.39. The SMILES string of the molecule is C=CCN(CC(=O)c1ccc2c(c1)N(CCC)C(=O)CO2)C(C)=O. The summed E-state index contributed by atoms with van der Waals surface area (Å²) in [5.41, 5.74) is 1.06. The molecule has 6 nitrogen and oxygen atoms in total. The smallest absolute Gasteiger partial charge is 0.265 e. The second-order valence-electron chi connectivity index (χ2n) is 5.63. The zero-order valence-electron chi connectivity index (χ0n) is 14.1. The number of anilines is 1. The van der Waals surface area contributed by atoms with Gasteiger partial charge in [0.15, 0.2) is 12.4 Å². The number of amides is 2. The number of rotatable bonds is 7. The predicted octanol–water partition coefficient (Wildman–Crippen LogP) is 2.04. The Kier molecular flexibility index (Phi) is 5.73. The van der Waals surface area contributed by atoms with Crippen molar-refractivity contribution >= 4 is 23.3 Å². The van der Waals surface area contributed by atoms with Crippen molar-refractivity contribution in [2.75, 3.05) is 31.1 Å². The summed E-state index contributed by atoms with van der Waals surface area (Å²) in [6, 6.07) is 5.02. The lowest BCUT2D eigenvalue weighted by Crippen LogP contribution is -2.39. The molecule has 0 spiro atoms. The van der Waals surface area contributed by atoms with Crippen LogP contribution in [0, 0.1) is 0 Å². The molecule has 0 bridgehead atoms. The van der Waals surface area contributed by atoms with Crippen LogP contribution in [-0.4, -0.2) is 48.7 Å². The van der Waals surface area contributed by atoms with Gasteiger partial charge in [-0.15, -0.1) is 6.58 Å². The van der Waals surface area contributed by atoms with E-state index < -0.39 is 0 Å². The number of carbonyl (C=O) groups excluding carboxylic acids is 3. The molecule has 0 saturated heterocycles. The zero-order chi connectivity index (χ0) is 17.7. The summed E-state index contributed by atoms with van der Waals surface area (Å²) in [6.45, 7) is 7.87. The molecule has 0 saturated carbocycles. The highest BCUT2D eigenvalue weighted by atomic mass is 16.5. The number of ketones is 1. The molecule has 0 N–H and O–H groups in total. The number of Topliss-reactive ketones (excluding diaryl/α,β-unsaturated/α-hetero) is 1. The van der Waals surface area contributed by atoms with Crippen LogP contribution in [0.2, 0.25) is 0 Å². The lowest BCUT2D eigenvalue weighted by molar-refractivity contribution is -0.127. The van der Waals surface area contributed by atoms with E-state index in [0.717, 1.165) is 6.42 Å². The van der Waals surface area contributed by atoms with Gasteiger partial charge in [0.1, 0.15) is 5.75 Å². The monoisotopic (exact) mass is 330 g/mol. The van der Waals surface area contributed by atoms with Crippen molar-refractivity contribution < 1.29 is 19.1 Å². The highest BCUT2D eigenvalue weighted by Crippen LogP contribution is 2.33. The molecule has 0 atom stereocenters. The first-order valence-corrected chi connectivity index (χ1v) is 7.94. The highest BCUT2D eigenvalue weighted by Gasteiger charge is 2.26. The lowest BCUT2D eigenvalue weighted by atomic mass is 10.1. The lowest BCUT2D eigenvalue weighted by Gasteiger charge is -2.29. The largest absolute Gasteiger partial charge is 0.482 e. The molecule has 2 amide bonds. The van der Waals surface area contributed by atoms with E-state index in [1.165, 1.54) is 11.8 Å². The van der Waals surface area contributed by atoms with Crippen LogP contribution < -0.4 is 9.64 Å². The molecule has 0 radical (unpaired) electrons. The summed E-state index contributed by atoms with van der Waals surface area (Å²) in [5.74, 6) is 0.0942. The number of ether oxygens (including phenoxy) is 1. The van der Waals surface area contributed by atoms with Gasteiger partial charge in [0.25, 0.3) is 5.91 Å². The Morgan fingerprint density at radius 1 is 1.42 bits per heavy atom. The van der Waals surface area contributed by atoms with E-state index in [9.17, 15) is 14.4 Å². The molecular weight excluding hydrogens is 308 g/mol. The Bertz CT molecular complexity index is 669. The van der Waals surface area contributed by atoms with E-state index >= 15 is 0 Å². The van der Waals surface area contributed by atoms with E-state index in [4.69, 9.17) is 4.74 Å². The van der Waals surface area contributed by atoms with Crippen LogP contribution in [0.1, 0.15) is 30.6 Å². The van der Waals surface area contributed by atoms with Crippen molar-refractivity contribution in [1.29, 1.82) is 0 Å². The average Bonchev–Trinajstić information content (AvgIpc) is 2.56. The molecule has 1 aliphatic rings. The van der Waals surface area contributed by atoms with Crippen LogP contribution >= 0.6 is 0 Å². The van der Waals surface area contributed by atoms with Gasteiger partial charge in [-0.05, 0) is 24.6 Å². The molecule has 0 aromatic heterocycles. The van der Waals surface area contributed by atoms with Crippen LogP contribution in [0.15, 0.2) is 30.9 Å². The zero-order valence-corrected chi connectivity index (χ0v) is 14.1. The molecule has 0 unspecified atom stereocenters. The summed E-state index contributed by atoms with van der Waals surface area (Å²) >= 11 is 0. The normalized spacial score (nSPS) is 13.1.